The topological polar surface area (TPSA) is 9.23 Å². The van der Waals surface area contributed by atoms with Gasteiger partial charge in [-0.05, 0) is 0 Å². The van der Waals surface area contributed by atoms with Gasteiger partial charge in [0.05, 0.1) is 13.2 Å². The van der Waals surface area contributed by atoms with E-state index >= 15 is 0 Å². The number of hydrogen-bond donors (Lipinski definition) is 0. The monoisotopic (exact) mass is 166 g/mol. The van der Waals surface area contributed by atoms with E-state index in [9.17, 15) is 0 Å². The Hall–Kier alpha value is 0.0200. The summed E-state index contributed by atoms with van der Waals surface area (Å²) in [6, 6.07) is 0. The summed E-state index contributed by atoms with van der Waals surface area (Å²) in [5.41, 5.74) is 0. The van der Waals surface area contributed by atoms with Crippen LogP contribution in [-0.4, -0.2) is 13.2 Å². The minimum Gasteiger partial charge on any atom is -0.370 e. The van der Waals surface area contributed by atoms with Crippen LogP contribution in [-0.2, 0) is 4.74 Å². The molecular weight excluding hydrogens is 159 g/mol. The summed E-state index contributed by atoms with van der Waals surface area (Å²) in [6.07, 6.45) is 0. The molecule has 0 aliphatic rings. The van der Waals surface area contributed by atoms with E-state index in [1.165, 1.54) is 0 Å². The Kier molecular flexibility index (Phi) is 4.87. The number of halogens is 2. The zero-order valence-corrected chi connectivity index (χ0v) is 6.50. The highest BCUT2D eigenvalue weighted by Crippen LogP contribution is 2.00. The lowest BCUT2D eigenvalue weighted by atomic mass is 10.6. The van der Waals surface area contributed by atoms with Crippen molar-refractivity contribution in [2.24, 2.45) is 0 Å². The largest absolute Gasteiger partial charge is 0.370 e. The summed E-state index contributed by atoms with van der Waals surface area (Å²) in [5, 5.41) is 0.931. The summed E-state index contributed by atoms with van der Waals surface area (Å²) < 4.78 is 4.89. The molecule has 0 aromatic heterocycles. The number of rotatable bonds is 4. The van der Waals surface area contributed by atoms with Crippen molar-refractivity contribution in [1.29, 1.82) is 0 Å². The molecule has 9 heavy (non-hydrogen) atoms. The van der Waals surface area contributed by atoms with Crippen molar-refractivity contribution in [2.75, 3.05) is 13.2 Å². The second-order valence-corrected chi connectivity index (χ2v) is 2.60. The van der Waals surface area contributed by atoms with E-state index in [0.717, 1.165) is 0 Å². The molecule has 0 N–H and O–H groups in total. The quantitative estimate of drug-likeness (QED) is 0.624. The summed E-state index contributed by atoms with van der Waals surface area (Å²) in [5.74, 6) is 0. The lowest BCUT2D eigenvalue weighted by Crippen LogP contribution is -1.94. The fourth-order valence-electron chi connectivity index (χ4n) is 0.273. The van der Waals surface area contributed by atoms with Crippen molar-refractivity contribution in [3.05, 3.63) is 23.2 Å². The average molecular weight is 167 g/mol. The number of hydrogen-bond acceptors (Lipinski definition) is 1. The van der Waals surface area contributed by atoms with E-state index in [1.54, 1.807) is 0 Å². The van der Waals surface area contributed by atoms with Crippen molar-refractivity contribution in [1.82, 2.24) is 0 Å². The maximum atomic E-state index is 5.37. The molecule has 1 nitrogen and oxygen atoms in total. The predicted molar refractivity (Wildman–Crippen MR) is 40.8 cm³/mol. The van der Waals surface area contributed by atoms with Crippen molar-refractivity contribution < 1.29 is 4.74 Å². The summed E-state index contributed by atoms with van der Waals surface area (Å²) in [7, 11) is 0. The predicted octanol–water partition coefficient (Wildman–Crippen LogP) is 2.51. The first-order valence-corrected chi connectivity index (χ1v) is 3.13. The van der Waals surface area contributed by atoms with Crippen LogP contribution in [0.3, 0.4) is 0 Å². The molecule has 3 heteroatoms. The molecule has 0 aromatic rings. The molecule has 0 rings (SSSR count). The molecule has 0 radical (unpaired) electrons. The van der Waals surface area contributed by atoms with Crippen LogP contribution in [0.5, 0.6) is 0 Å². The molecule has 0 saturated carbocycles. The van der Waals surface area contributed by atoms with Crippen LogP contribution in [0.15, 0.2) is 23.2 Å². The smallest absolute Gasteiger partial charge is 0.0822 e. The first-order chi connectivity index (χ1) is 4.13. The van der Waals surface area contributed by atoms with E-state index in [0.29, 0.717) is 23.3 Å². The maximum Gasteiger partial charge on any atom is 0.0822 e. The highest BCUT2D eigenvalue weighted by molar-refractivity contribution is 6.29. The van der Waals surface area contributed by atoms with Gasteiger partial charge in [0.2, 0.25) is 0 Å². The molecule has 52 valence electrons. The molecule has 0 atom stereocenters. The van der Waals surface area contributed by atoms with Gasteiger partial charge in [-0.3, -0.25) is 0 Å². The van der Waals surface area contributed by atoms with Crippen LogP contribution in [0, 0.1) is 0 Å². The Morgan fingerprint density at radius 3 is 1.67 bits per heavy atom. The molecule has 0 heterocycles. The van der Waals surface area contributed by atoms with Crippen molar-refractivity contribution in [3.8, 4) is 0 Å². The van der Waals surface area contributed by atoms with Crippen molar-refractivity contribution in [3.63, 3.8) is 0 Å². The minimum atomic E-state index is 0.327. The Morgan fingerprint density at radius 1 is 1.11 bits per heavy atom. The summed E-state index contributed by atoms with van der Waals surface area (Å²) in [6.45, 7) is 7.49. The number of ether oxygens (including phenoxy) is 1. The molecule has 0 amide bonds. The molecule has 0 aliphatic carbocycles. The first kappa shape index (κ1) is 9.02. The molecule has 0 aliphatic heterocycles. The summed E-state index contributed by atoms with van der Waals surface area (Å²) in [4.78, 5) is 0. The van der Waals surface area contributed by atoms with E-state index < -0.39 is 0 Å². The Balaban J connectivity index is 3.10. The zero-order chi connectivity index (χ0) is 7.28. The van der Waals surface area contributed by atoms with Gasteiger partial charge < -0.3 is 4.74 Å². The SMILES string of the molecule is C=C(Cl)COCC(=C)Cl. The van der Waals surface area contributed by atoms with Gasteiger partial charge in [0, 0.05) is 10.1 Å². The normalized spacial score (nSPS) is 9.11. The Labute approximate surface area is 64.9 Å². The van der Waals surface area contributed by atoms with E-state index in [1.807, 2.05) is 0 Å². The molecule has 0 bridgehead atoms. The van der Waals surface area contributed by atoms with E-state index in [-0.39, 0.29) is 0 Å². The van der Waals surface area contributed by atoms with Crippen LogP contribution in [0.4, 0.5) is 0 Å². The molecule has 0 unspecified atom stereocenters. The van der Waals surface area contributed by atoms with Gasteiger partial charge >= 0.3 is 0 Å². The van der Waals surface area contributed by atoms with Gasteiger partial charge in [0.15, 0.2) is 0 Å². The van der Waals surface area contributed by atoms with Crippen LogP contribution in [0.25, 0.3) is 0 Å². The van der Waals surface area contributed by atoms with Gasteiger partial charge in [-0.2, -0.15) is 0 Å². The molecular formula is C6H8Cl2O. The third kappa shape index (κ3) is 8.02. The van der Waals surface area contributed by atoms with Crippen molar-refractivity contribution in [2.45, 2.75) is 0 Å². The highest BCUT2D eigenvalue weighted by atomic mass is 35.5. The Morgan fingerprint density at radius 2 is 1.44 bits per heavy atom. The fourth-order valence-corrected chi connectivity index (χ4v) is 0.427. The fraction of sp³-hybridized carbons (Fsp3) is 0.333. The Bertz CT molecular complexity index is 106. The minimum absolute atomic E-state index is 0.327. The van der Waals surface area contributed by atoms with Gasteiger partial charge in [-0.25, -0.2) is 0 Å². The third-order valence-corrected chi connectivity index (χ3v) is 0.736. The van der Waals surface area contributed by atoms with Gasteiger partial charge in [0.25, 0.3) is 0 Å². The van der Waals surface area contributed by atoms with Crippen molar-refractivity contribution >= 4 is 23.2 Å². The highest BCUT2D eigenvalue weighted by Gasteiger charge is 1.89. The second-order valence-electron chi connectivity index (χ2n) is 1.53. The lowest BCUT2D eigenvalue weighted by Gasteiger charge is -1.98. The maximum absolute atomic E-state index is 5.37. The van der Waals surface area contributed by atoms with Crippen LogP contribution in [0.1, 0.15) is 0 Å². The first-order valence-electron chi connectivity index (χ1n) is 2.37. The summed E-state index contributed by atoms with van der Waals surface area (Å²) >= 11 is 10.7. The standard InChI is InChI=1S/C6H8Cl2O/c1-5(7)3-9-4-6(2)8/h1-4H2. The van der Waals surface area contributed by atoms with Crippen LogP contribution < -0.4 is 0 Å². The third-order valence-electron chi connectivity index (χ3n) is 0.517. The molecule has 0 saturated heterocycles. The van der Waals surface area contributed by atoms with E-state index in [2.05, 4.69) is 13.2 Å². The second kappa shape index (κ2) is 4.86. The van der Waals surface area contributed by atoms with Crippen LogP contribution >= 0.6 is 23.2 Å². The zero-order valence-electron chi connectivity index (χ0n) is 4.99. The van der Waals surface area contributed by atoms with Gasteiger partial charge in [-0.15, -0.1) is 0 Å². The van der Waals surface area contributed by atoms with Gasteiger partial charge in [-0.1, -0.05) is 36.4 Å². The van der Waals surface area contributed by atoms with E-state index in [4.69, 9.17) is 27.9 Å². The molecule has 0 fully saturated rings. The average Bonchev–Trinajstić information content (AvgIpc) is 1.63. The van der Waals surface area contributed by atoms with Crippen LogP contribution in [0.2, 0.25) is 0 Å². The molecule has 0 spiro atoms. The van der Waals surface area contributed by atoms with Gasteiger partial charge in [0.1, 0.15) is 0 Å². The lowest BCUT2D eigenvalue weighted by molar-refractivity contribution is 0.189. The molecule has 0 aromatic carbocycles.